The molecular weight excluding hydrogens is 368 g/mol. The minimum Gasteiger partial charge on any atom is -0.492 e. The second kappa shape index (κ2) is 8.27. The number of hydrazone groups is 1. The SMILES string of the molecule is Cc1cc(C)cc(OCCn2cccc2/C=N\Nc2nc3ccccc3s2)c1. The summed E-state index contributed by atoms with van der Waals surface area (Å²) < 4.78 is 9.18. The highest BCUT2D eigenvalue weighted by atomic mass is 32.1. The van der Waals surface area contributed by atoms with Crippen LogP contribution >= 0.6 is 11.3 Å². The van der Waals surface area contributed by atoms with E-state index in [9.17, 15) is 0 Å². The largest absolute Gasteiger partial charge is 0.492 e. The highest BCUT2D eigenvalue weighted by Gasteiger charge is 2.03. The molecule has 2 heterocycles. The third-order valence-corrected chi connectivity index (χ3v) is 5.25. The van der Waals surface area contributed by atoms with E-state index < -0.39 is 0 Å². The Morgan fingerprint density at radius 1 is 1.11 bits per heavy atom. The quantitative estimate of drug-likeness (QED) is 0.347. The summed E-state index contributed by atoms with van der Waals surface area (Å²) in [6, 6.07) is 18.4. The molecule has 4 rings (SSSR count). The minimum absolute atomic E-state index is 0.601. The molecule has 0 aliphatic carbocycles. The van der Waals surface area contributed by atoms with Gasteiger partial charge in [-0.15, -0.1) is 0 Å². The molecule has 0 unspecified atom stereocenters. The van der Waals surface area contributed by atoms with Crippen LogP contribution in [0.15, 0.2) is 65.9 Å². The molecule has 142 valence electrons. The number of aromatic nitrogens is 2. The lowest BCUT2D eigenvalue weighted by Crippen LogP contribution is -2.10. The number of aryl methyl sites for hydroxylation is 2. The first-order valence-electron chi connectivity index (χ1n) is 9.18. The molecule has 0 fully saturated rings. The van der Waals surface area contributed by atoms with Gasteiger partial charge in [-0.05, 0) is 61.4 Å². The maximum absolute atomic E-state index is 5.91. The lowest BCUT2D eigenvalue weighted by molar-refractivity contribution is 0.298. The molecule has 0 amide bonds. The van der Waals surface area contributed by atoms with E-state index in [1.54, 1.807) is 11.3 Å². The molecule has 0 saturated heterocycles. The number of rotatable bonds is 7. The van der Waals surface area contributed by atoms with Gasteiger partial charge >= 0.3 is 0 Å². The fourth-order valence-electron chi connectivity index (χ4n) is 3.10. The number of hydrogen-bond acceptors (Lipinski definition) is 5. The molecule has 0 radical (unpaired) electrons. The number of para-hydroxylation sites is 1. The smallest absolute Gasteiger partial charge is 0.204 e. The average Bonchev–Trinajstić information content (AvgIpc) is 3.27. The Hall–Kier alpha value is -3.12. The maximum Gasteiger partial charge on any atom is 0.204 e. The number of benzene rings is 2. The molecule has 2 aromatic heterocycles. The van der Waals surface area contributed by atoms with Crippen molar-refractivity contribution in [1.82, 2.24) is 9.55 Å². The Morgan fingerprint density at radius 3 is 2.75 bits per heavy atom. The molecular formula is C22H22N4OS. The first kappa shape index (κ1) is 18.3. The number of ether oxygens (including phenoxy) is 1. The second-order valence-electron chi connectivity index (χ2n) is 6.66. The van der Waals surface area contributed by atoms with Gasteiger partial charge in [0, 0.05) is 6.20 Å². The van der Waals surface area contributed by atoms with Crippen LogP contribution < -0.4 is 10.2 Å². The molecule has 4 aromatic rings. The van der Waals surface area contributed by atoms with Crippen LogP contribution in [0.2, 0.25) is 0 Å². The van der Waals surface area contributed by atoms with E-state index in [0.717, 1.165) is 33.3 Å². The van der Waals surface area contributed by atoms with E-state index in [0.29, 0.717) is 6.61 Å². The molecule has 5 nitrogen and oxygen atoms in total. The highest BCUT2D eigenvalue weighted by molar-refractivity contribution is 7.22. The summed E-state index contributed by atoms with van der Waals surface area (Å²) in [5.41, 5.74) is 7.45. The van der Waals surface area contributed by atoms with E-state index in [2.05, 4.69) is 58.2 Å². The summed E-state index contributed by atoms with van der Waals surface area (Å²) in [7, 11) is 0. The zero-order chi connectivity index (χ0) is 19.3. The van der Waals surface area contributed by atoms with Gasteiger partial charge < -0.3 is 9.30 Å². The van der Waals surface area contributed by atoms with Gasteiger partial charge in [-0.3, -0.25) is 5.43 Å². The zero-order valence-corrected chi connectivity index (χ0v) is 16.7. The molecule has 0 aliphatic heterocycles. The number of nitrogens with zero attached hydrogens (tertiary/aromatic N) is 3. The van der Waals surface area contributed by atoms with Crippen molar-refractivity contribution in [3.8, 4) is 5.75 Å². The van der Waals surface area contributed by atoms with E-state index in [1.165, 1.54) is 11.1 Å². The van der Waals surface area contributed by atoms with Crippen LogP contribution in [0.5, 0.6) is 5.75 Å². The van der Waals surface area contributed by atoms with E-state index in [1.807, 2.05) is 42.7 Å². The maximum atomic E-state index is 5.91. The lowest BCUT2D eigenvalue weighted by Gasteiger charge is -2.10. The van der Waals surface area contributed by atoms with Crippen molar-refractivity contribution < 1.29 is 4.74 Å². The normalized spacial score (nSPS) is 11.4. The summed E-state index contributed by atoms with van der Waals surface area (Å²) in [6.07, 6.45) is 3.84. The van der Waals surface area contributed by atoms with Gasteiger partial charge in [-0.1, -0.05) is 29.5 Å². The number of thiazole rings is 1. The Balaban J connectivity index is 1.35. The van der Waals surface area contributed by atoms with Crippen molar-refractivity contribution in [2.24, 2.45) is 5.10 Å². The van der Waals surface area contributed by atoms with Crippen LogP contribution in [0.25, 0.3) is 10.2 Å². The number of nitrogens with one attached hydrogen (secondary N) is 1. The first-order valence-corrected chi connectivity index (χ1v) is 10.00. The van der Waals surface area contributed by atoms with Gasteiger partial charge in [0.2, 0.25) is 5.13 Å². The Bertz CT molecular complexity index is 1060. The van der Waals surface area contributed by atoms with E-state index in [4.69, 9.17) is 4.74 Å². The highest BCUT2D eigenvalue weighted by Crippen LogP contribution is 2.25. The first-order chi connectivity index (χ1) is 13.7. The van der Waals surface area contributed by atoms with Crippen LogP contribution in [-0.4, -0.2) is 22.4 Å². The summed E-state index contributed by atoms with van der Waals surface area (Å²) in [4.78, 5) is 4.52. The number of anilines is 1. The third-order valence-electron chi connectivity index (χ3n) is 4.31. The van der Waals surface area contributed by atoms with Crippen molar-refractivity contribution in [3.05, 3.63) is 77.6 Å². The average molecular weight is 391 g/mol. The summed E-state index contributed by atoms with van der Waals surface area (Å²) in [5.74, 6) is 0.914. The van der Waals surface area contributed by atoms with Gasteiger partial charge in [0.05, 0.1) is 28.7 Å². The third kappa shape index (κ3) is 4.40. The van der Waals surface area contributed by atoms with Crippen LogP contribution in [0.4, 0.5) is 5.13 Å². The topological polar surface area (TPSA) is 51.4 Å². The van der Waals surface area contributed by atoms with Gasteiger partial charge in [0.25, 0.3) is 0 Å². The second-order valence-corrected chi connectivity index (χ2v) is 7.69. The predicted molar refractivity (Wildman–Crippen MR) is 117 cm³/mol. The van der Waals surface area contributed by atoms with Gasteiger partial charge in [-0.25, -0.2) is 4.98 Å². The molecule has 28 heavy (non-hydrogen) atoms. The van der Waals surface area contributed by atoms with Crippen LogP contribution in [0, 0.1) is 13.8 Å². The molecule has 1 N–H and O–H groups in total. The van der Waals surface area contributed by atoms with Crippen molar-refractivity contribution in [2.45, 2.75) is 20.4 Å². The Labute approximate surface area is 168 Å². The monoisotopic (exact) mass is 390 g/mol. The Morgan fingerprint density at radius 2 is 1.93 bits per heavy atom. The summed E-state index contributed by atoms with van der Waals surface area (Å²) >= 11 is 1.59. The molecule has 0 bridgehead atoms. The Kier molecular flexibility index (Phi) is 5.39. The lowest BCUT2D eigenvalue weighted by atomic mass is 10.1. The summed E-state index contributed by atoms with van der Waals surface area (Å²) in [5, 5.41) is 5.13. The predicted octanol–water partition coefficient (Wildman–Crippen LogP) is 5.24. The zero-order valence-electron chi connectivity index (χ0n) is 15.9. The van der Waals surface area contributed by atoms with Crippen LogP contribution in [0.1, 0.15) is 16.8 Å². The number of hydrogen-bond donors (Lipinski definition) is 1. The fraction of sp³-hybridized carbons (Fsp3) is 0.182. The van der Waals surface area contributed by atoms with Crippen LogP contribution in [-0.2, 0) is 6.54 Å². The van der Waals surface area contributed by atoms with E-state index >= 15 is 0 Å². The van der Waals surface area contributed by atoms with Crippen molar-refractivity contribution >= 4 is 32.9 Å². The molecule has 0 atom stereocenters. The molecule has 0 saturated carbocycles. The summed E-state index contributed by atoms with van der Waals surface area (Å²) in [6.45, 7) is 5.52. The van der Waals surface area contributed by atoms with E-state index in [-0.39, 0.29) is 0 Å². The van der Waals surface area contributed by atoms with Gasteiger partial charge in [-0.2, -0.15) is 5.10 Å². The fourth-order valence-corrected chi connectivity index (χ4v) is 3.92. The van der Waals surface area contributed by atoms with Crippen LogP contribution in [0.3, 0.4) is 0 Å². The molecule has 0 spiro atoms. The standard InChI is InChI=1S/C22H22N4OS/c1-16-12-17(2)14-19(13-16)27-11-10-26-9-5-6-18(26)15-23-25-22-24-20-7-3-4-8-21(20)28-22/h3-9,12-15H,10-11H2,1-2H3,(H,24,25)/b23-15-. The van der Waals surface area contributed by atoms with Crippen molar-refractivity contribution in [2.75, 3.05) is 12.0 Å². The minimum atomic E-state index is 0.601. The number of fused-ring (bicyclic) bond motifs is 1. The van der Waals surface area contributed by atoms with Crippen molar-refractivity contribution in [3.63, 3.8) is 0 Å². The van der Waals surface area contributed by atoms with Gasteiger partial charge in [0.1, 0.15) is 12.4 Å². The van der Waals surface area contributed by atoms with Gasteiger partial charge in [0.15, 0.2) is 0 Å². The molecule has 6 heteroatoms. The molecule has 2 aromatic carbocycles. The molecule has 0 aliphatic rings. The van der Waals surface area contributed by atoms with Crippen molar-refractivity contribution in [1.29, 1.82) is 0 Å².